The number of carboxylic acid groups (broad SMARTS) is 1. The summed E-state index contributed by atoms with van der Waals surface area (Å²) in [6.45, 7) is 5.22. The molecule has 0 saturated carbocycles. The number of hydrogen-bond acceptors (Lipinski definition) is 4. The Morgan fingerprint density at radius 1 is 1.11 bits per heavy atom. The Kier molecular flexibility index (Phi) is 7.43. The Morgan fingerprint density at radius 2 is 1.74 bits per heavy atom. The molecule has 2 atom stereocenters. The van der Waals surface area contributed by atoms with Gasteiger partial charge in [0.25, 0.3) is 0 Å². The van der Waals surface area contributed by atoms with Gasteiger partial charge in [0, 0.05) is 32.0 Å². The first-order valence-electron chi connectivity index (χ1n) is 12.4. The van der Waals surface area contributed by atoms with Gasteiger partial charge in [0.15, 0.2) is 0 Å². The third kappa shape index (κ3) is 5.50. The Bertz CT molecular complexity index is 1050. The Balaban J connectivity index is 1.21. The maximum Gasteiger partial charge on any atom is 0.407 e. The average Bonchev–Trinajstić information content (AvgIpc) is 3.16. The molecule has 2 aromatic rings. The molecule has 2 unspecified atom stereocenters. The first-order valence-corrected chi connectivity index (χ1v) is 12.4. The van der Waals surface area contributed by atoms with Crippen LogP contribution in [0.3, 0.4) is 0 Å². The number of likely N-dealkylation sites (tertiary alicyclic amines) is 1. The van der Waals surface area contributed by atoms with E-state index in [-0.39, 0.29) is 30.9 Å². The number of aliphatic carboxylic acids is 1. The van der Waals surface area contributed by atoms with Crippen molar-refractivity contribution >= 4 is 18.0 Å². The second kappa shape index (κ2) is 10.5. The van der Waals surface area contributed by atoms with Gasteiger partial charge in [-0.3, -0.25) is 9.59 Å². The highest BCUT2D eigenvalue weighted by molar-refractivity contribution is 5.80. The maximum atomic E-state index is 12.7. The smallest absolute Gasteiger partial charge is 0.407 e. The Hall–Kier alpha value is -3.35. The quantitative estimate of drug-likeness (QED) is 0.576. The molecule has 2 N–H and O–H groups in total. The lowest BCUT2D eigenvalue weighted by atomic mass is 9.82. The summed E-state index contributed by atoms with van der Waals surface area (Å²) in [7, 11) is 0. The number of fused-ring (bicyclic) bond motifs is 3. The van der Waals surface area contributed by atoms with Crippen molar-refractivity contribution in [2.45, 2.75) is 45.4 Å². The molecule has 2 aromatic carbocycles. The molecule has 0 bridgehead atoms. The SMILES string of the molecule is CC(CCNC(=O)OCC1c2ccccc2-c2ccccc21)CC(=O)N1CCCC(C)(C(=O)O)C1. The van der Waals surface area contributed by atoms with Gasteiger partial charge in [-0.1, -0.05) is 55.5 Å². The standard InChI is InChI=1S/C28H34N2O5/c1-19(16-25(31)30-15-7-13-28(2,18-30)26(32)33)12-14-29-27(34)35-17-24-22-10-5-3-8-20(22)21-9-4-6-11-23(21)24/h3-6,8-11,19,24H,7,12-18H2,1-2H3,(H,29,34)(H,32,33). The van der Waals surface area contributed by atoms with Crippen LogP contribution in [0.15, 0.2) is 48.5 Å². The van der Waals surface area contributed by atoms with E-state index >= 15 is 0 Å². The van der Waals surface area contributed by atoms with Crippen molar-refractivity contribution < 1.29 is 24.2 Å². The van der Waals surface area contributed by atoms with E-state index in [4.69, 9.17) is 4.74 Å². The topological polar surface area (TPSA) is 95.9 Å². The number of hydrogen-bond donors (Lipinski definition) is 2. The van der Waals surface area contributed by atoms with Gasteiger partial charge in [-0.05, 0) is 54.4 Å². The minimum atomic E-state index is -0.872. The fraction of sp³-hybridized carbons (Fsp3) is 0.464. The summed E-state index contributed by atoms with van der Waals surface area (Å²) in [6.07, 6.45) is 1.80. The number of nitrogens with zero attached hydrogens (tertiary/aromatic N) is 1. The summed E-state index contributed by atoms with van der Waals surface area (Å²) in [5.74, 6) is -0.790. The van der Waals surface area contributed by atoms with Crippen molar-refractivity contribution in [2.75, 3.05) is 26.2 Å². The molecule has 7 nitrogen and oxygen atoms in total. The van der Waals surface area contributed by atoms with Crippen LogP contribution in [-0.2, 0) is 14.3 Å². The lowest BCUT2D eigenvalue weighted by Crippen LogP contribution is -2.48. The third-order valence-corrected chi connectivity index (χ3v) is 7.34. The number of piperidine rings is 1. The summed E-state index contributed by atoms with van der Waals surface area (Å²) in [6, 6.07) is 16.4. The number of carbonyl (C=O) groups is 3. The van der Waals surface area contributed by atoms with E-state index in [1.165, 1.54) is 22.3 Å². The van der Waals surface area contributed by atoms with E-state index in [0.717, 1.165) is 0 Å². The first kappa shape index (κ1) is 24.8. The van der Waals surface area contributed by atoms with E-state index in [1.807, 2.05) is 31.2 Å². The lowest BCUT2D eigenvalue weighted by molar-refractivity contribution is -0.153. The number of amides is 2. The molecule has 1 saturated heterocycles. The highest BCUT2D eigenvalue weighted by Gasteiger charge is 2.39. The second-order valence-corrected chi connectivity index (χ2v) is 10.1. The number of nitrogens with one attached hydrogen (secondary N) is 1. The second-order valence-electron chi connectivity index (χ2n) is 10.1. The van der Waals surface area contributed by atoms with Crippen LogP contribution < -0.4 is 5.32 Å². The van der Waals surface area contributed by atoms with Crippen LogP contribution in [0.2, 0.25) is 0 Å². The molecule has 0 aromatic heterocycles. The average molecular weight is 479 g/mol. The van der Waals surface area contributed by atoms with Crippen molar-refractivity contribution in [2.24, 2.45) is 11.3 Å². The fourth-order valence-corrected chi connectivity index (χ4v) is 5.23. The van der Waals surface area contributed by atoms with Crippen molar-refractivity contribution in [3.05, 3.63) is 59.7 Å². The molecular weight excluding hydrogens is 444 g/mol. The van der Waals surface area contributed by atoms with E-state index in [2.05, 4.69) is 29.6 Å². The van der Waals surface area contributed by atoms with Gasteiger partial charge >= 0.3 is 12.1 Å². The van der Waals surface area contributed by atoms with Crippen LogP contribution in [-0.4, -0.2) is 54.2 Å². The summed E-state index contributed by atoms with van der Waals surface area (Å²) in [5.41, 5.74) is 3.85. The minimum absolute atomic E-state index is 0.0192. The minimum Gasteiger partial charge on any atom is -0.481 e. The normalized spacial score (nSPS) is 20.0. The van der Waals surface area contributed by atoms with E-state index in [0.29, 0.717) is 38.8 Å². The zero-order valence-electron chi connectivity index (χ0n) is 20.5. The largest absolute Gasteiger partial charge is 0.481 e. The first-order chi connectivity index (χ1) is 16.8. The van der Waals surface area contributed by atoms with Crippen molar-refractivity contribution in [3.63, 3.8) is 0 Å². The summed E-state index contributed by atoms with van der Waals surface area (Å²) >= 11 is 0. The molecule has 7 heteroatoms. The molecule has 0 spiro atoms. The molecule has 186 valence electrons. The molecule has 35 heavy (non-hydrogen) atoms. The number of alkyl carbamates (subject to hydrolysis) is 1. The van der Waals surface area contributed by atoms with Crippen LogP contribution in [0.1, 0.15) is 56.6 Å². The van der Waals surface area contributed by atoms with Gasteiger partial charge in [-0.15, -0.1) is 0 Å². The molecule has 2 amide bonds. The Morgan fingerprint density at radius 3 is 2.37 bits per heavy atom. The molecule has 4 rings (SSSR count). The Labute approximate surface area is 206 Å². The van der Waals surface area contributed by atoms with Gasteiger partial charge in [0.05, 0.1) is 5.41 Å². The van der Waals surface area contributed by atoms with Crippen molar-refractivity contribution in [1.29, 1.82) is 0 Å². The van der Waals surface area contributed by atoms with E-state index in [1.54, 1.807) is 11.8 Å². The molecule has 1 aliphatic carbocycles. The number of benzene rings is 2. The zero-order valence-corrected chi connectivity index (χ0v) is 20.5. The van der Waals surface area contributed by atoms with Gasteiger partial charge in [0.1, 0.15) is 6.61 Å². The fourth-order valence-electron chi connectivity index (χ4n) is 5.23. The van der Waals surface area contributed by atoms with Gasteiger partial charge < -0.3 is 20.1 Å². The van der Waals surface area contributed by atoms with Crippen LogP contribution in [0.4, 0.5) is 4.79 Å². The van der Waals surface area contributed by atoms with E-state index < -0.39 is 17.5 Å². The highest BCUT2D eigenvalue weighted by atomic mass is 16.5. The third-order valence-electron chi connectivity index (χ3n) is 7.34. The number of carbonyl (C=O) groups excluding carboxylic acids is 2. The van der Waals surface area contributed by atoms with Crippen LogP contribution in [0, 0.1) is 11.3 Å². The number of ether oxygens (including phenoxy) is 1. The summed E-state index contributed by atoms with van der Waals surface area (Å²) < 4.78 is 5.56. The summed E-state index contributed by atoms with van der Waals surface area (Å²) in [5, 5.41) is 12.3. The monoisotopic (exact) mass is 478 g/mol. The molecular formula is C28H34N2O5. The number of carboxylic acids is 1. The van der Waals surface area contributed by atoms with E-state index in [9.17, 15) is 19.5 Å². The highest BCUT2D eigenvalue weighted by Crippen LogP contribution is 2.44. The number of rotatable bonds is 8. The van der Waals surface area contributed by atoms with Crippen molar-refractivity contribution in [3.8, 4) is 11.1 Å². The van der Waals surface area contributed by atoms with Crippen LogP contribution in [0.25, 0.3) is 11.1 Å². The van der Waals surface area contributed by atoms with Crippen LogP contribution >= 0.6 is 0 Å². The van der Waals surface area contributed by atoms with Crippen molar-refractivity contribution in [1.82, 2.24) is 10.2 Å². The predicted molar refractivity (Wildman–Crippen MR) is 133 cm³/mol. The van der Waals surface area contributed by atoms with Gasteiger partial charge in [0.2, 0.25) is 5.91 Å². The zero-order chi connectivity index (χ0) is 25.0. The van der Waals surface area contributed by atoms with Gasteiger partial charge in [-0.25, -0.2) is 4.79 Å². The van der Waals surface area contributed by atoms with Crippen LogP contribution in [0.5, 0.6) is 0 Å². The lowest BCUT2D eigenvalue weighted by Gasteiger charge is -2.38. The molecule has 0 radical (unpaired) electrons. The molecule has 1 fully saturated rings. The maximum absolute atomic E-state index is 12.7. The predicted octanol–water partition coefficient (Wildman–Crippen LogP) is 4.65. The molecule has 1 heterocycles. The summed E-state index contributed by atoms with van der Waals surface area (Å²) in [4.78, 5) is 38.2. The molecule has 1 aliphatic heterocycles. The van der Waals surface area contributed by atoms with Gasteiger partial charge in [-0.2, -0.15) is 0 Å². The molecule has 2 aliphatic rings.